The Morgan fingerprint density at radius 2 is 2.20 bits per heavy atom. The van der Waals surface area contributed by atoms with Crippen LogP contribution in [-0.2, 0) is 11.3 Å². The van der Waals surface area contributed by atoms with E-state index in [-0.39, 0.29) is 0 Å². The zero-order valence-corrected chi connectivity index (χ0v) is 12.7. The van der Waals surface area contributed by atoms with E-state index in [1.807, 2.05) is 13.1 Å². The van der Waals surface area contributed by atoms with Gasteiger partial charge in [-0.15, -0.1) is 0 Å². The normalized spacial score (nSPS) is 10.4. The minimum atomic E-state index is 0.371. The van der Waals surface area contributed by atoms with Crippen molar-refractivity contribution in [3.8, 4) is 6.07 Å². The summed E-state index contributed by atoms with van der Waals surface area (Å²) in [6.07, 6.45) is 0.477. The van der Waals surface area contributed by atoms with E-state index in [0.29, 0.717) is 31.3 Å². The molecule has 1 N–H and O–H groups in total. The fourth-order valence-electron chi connectivity index (χ4n) is 1.89. The van der Waals surface area contributed by atoms with Gasteiger partial charge in [0.2, 0.25) is 0 Å². The number of methoxy groups -OCH3 is 1. The van der Waals surface area contributed by atoms with Crippen molar-refractivity contribution in [1.29, 1.82) is 5.26 Å². The first-order valence-electron chi connectivity index (χ1n) is 6.77. The van der Waals surface area contributed by atoms with Gasteiger partial charge in [-0.05, 0) is 5.92 Å². The lowest BCUT2D eigenvalue weighted by atomic mass is 10.2. The van der Waals surface area contributed by atoms with Gasteiger partial charge in [-0.25, -0.2) is 9.97 Å². The number of nitriles is 1. The summed E-state index contributed by atoms with van der Waals surface area (Å²) in [6, 6.07) is 4.09. The summed E-state index contributed by atoms with van der Waals surface area (Å²) in [6.45, 7) is 6.19. The van der Waals surface area contributed by atoms with Gasteiger partial charge in [0, 0.05) is 33.3 Å². The maximum atomic E-state index is 8.79. The lowest BCUT2D eigenvalue weighted by Crippen LogP contribution is -2.30. The predicted molar refractivity (Wildman–Crippen MR) is 79.6 cm³/mol. The summed E-state index contributed by atoms with van der Waals surface area (Å²) in [4.78, 5) is 11.0. The molecule has 6 heteroatoms. The molecule has 0 aromatic carbocycles. The van der Waals surface area contributed by atoms with Crippen molar-refractivity contribution in [2.75, 3.05) is 37.5 Å². The monoisotopic (exact) mass is 277 g/mol. The van der Waals surface area contributed by atoms with E-state index in [0.717, 1.165) is 18.2 Å². The van der Waals surface area contributed by atoms with Crippen molar-refractivity contribution >= 4 is 11.6 Å². The fraction of sp³-hybridized carbons (Fsp3) is 0.643. The topological polar surface area (TPSA) is 74.1 Å². The average Bonchev–Trinajstić information content (AvgIpc) is 2.43. The number of hydrogen-bond donors (Lipinski definition) is 1. The van der Waals surface area contributed by atoms with E-state index in [1.165, 1.54) is 0 Å². The SMILES string of the molecule is CNc1cc(N(CCC#N)CC(C)C)nc(COC)n1. The van der Waals surface area contributed by atoms with E-state index in [1.54, 1.807) is 7.11 Å². The Hall–Kier alpha value is -1.87. The van der Waals surface area contributed by atoms with Crippen molar-refractivity contribution in [2.24, 2.45) is 5.92 Å². The molecule has 0 aliphatic carbocycles. The maximum absolute atomic E-state index is 8.79. The van der Waals surface area contributed by atoms with Gasteiger partial charge >= 0.3 is 0 Å². The highest BCUT2D eigenvalue weighted by molar-refractivity contribution is 5.49. The van der Waals surface area contributed by atoms with Crippen molar-refractivity contribution in [2.45, 2.75) is 26.9 Å². The smallest absolute Gasteiger partial charge is 0.158 e. The summed E-state index contributed by atoms with van der Waals surface area (Å²) in [5.41, 5.74) is 0. The molecular formula is C14H23N5O. The average molecular weight is 277 g/mol. The highest BCUT2D eigenvalue weighted by Crippen LogP contribution is 2.18. The molecule has 20 heavy (non-hydrogen) atoms. The third-order valence-corrected chi connectivity index (χ3v) is 2.69. The lowest BCUT2D eigenvalue weighted by Gasteiger charge is -2.25. The van der Waals surface area contributed by atoms with Crippen LogP contribution in [0.3, 0.4) is 0 Å². The van der Waals surface area contributed by atoms with Gasteiger partial charge < -0.3 is 15.0 Å². The summed E-state index contributed by atoms with van der Waals surface area (Å²) < 4.78 is 5.10. The number of nitrogens with zero attached hydrogens (tertiary/aromatic N) is 4. The molecule has 0 unspecified atom stereocenters. The molecule has 0 bridgehead atoms. The lowest BCUT2D eigenvalue weighted by molar-refractivity contribution is 0.178. The minimum absolute atomic E-state index is 0.371. The van der Waals surface area contributed by atoms with Gasteiger partial charge in [0.05, 0.1) is 12.5 Å². The van der Waals surface area contributed by atoms with Crippen LogP contribution in [0.5, 0.6) is 0 Å². The van der Waals surface area contributed by atoms with Crippen molar-refractivity contribution in [3.63, 3.8) is 0 Å². The van der Waals surface area contributed by atoms with Crippen LogP contribution in [0.25, 0.3) is 0 Å². The number of nitrogens with one attached hydrogen (secondary N) is 1. The molecule has 110 valence electrons. The highest BCUT2D eigenvalue weighted by atomic mass is 16.5. The first-order valence-corrected chi connectivity index (χ1v) is 6.77. The molecule has 1 rings (SSSR count). The first-order chi connectivity index (χ1) is 9.60. The van der Waals surface area contributed by atoms with Crippen LogP contribution in [0.4, 0.5) is 11.6 Å². The molecule has 0 saturated heterocycles. The Balaban J connectivity index is 3.03. The van der Waals surface area contributed by atoms with Crippen LogP contribution in [0.15, 0.2) is 6.07 Å². The Morgan fingerprint density at radius 3 is 2.75 bits per heavy atom. The summed E-state index contributed by atoms with van der Waals surface area (Å²) in [7, 11) is 3.45. The van der Waals surface area contributed by atoms with Crippen LogP contribution in [0, 0.1) is 17.2 Å². The largest absolute Gasteiger partial charge is 0.377 e. The van der Waals surface area contributed by atoms with E-state index in [4.69, 9.17) is 10.00 Å². The van der Waals surface area contributed by atoms with Crippen LogP contribution in [-0.4, -0.2) is 37.2 Å². The van der Waals surface area contributed by atoms with Gasteiger partial charge in [-0.1, -0.05) is 13.8 Å². The molecule has 1 aromatic rings. The predicted octanol–water partition coefficient (Wildman–Crippen LogP) is 2.04. The zero-order chi connectivity index (χ0) is 15.0. The Bertz CT molecular complexity index is 455. The molecule has 0 amide bonds. The standard InChI is InChI=1S/C14H23N5O/c1-11(2)9-19(7-5-6-15)14-8-12(16-3)17-13(18-14)10-20-4/h8,11H,5,7,9-10H2,1-4H3,(H,16,17,18). The van der Waals surface area contributed by atoms with Crippen LogP contribution >= 0.6 is 0 Å². The van der Waals surface area contributed by atoms with Crippen molar-refractivity contribution in [3.05, 3.63) is 11.9 Å². The highest BCUT2D eigenvalue weighted by Gasteiger charge is 2.13. The summed E-state index contributed by atoms with van der Waals surface area (Å²) in [5.74, 6) is 2.72. The van der Waals surface area contributed by atoms with E-state index in [2.05, 4.69) is 40.1 Å². The molecule has 1 heterocycles. The molecular weight excluding hydrogens is 254 g/mol. The van der Waals surface area contributed by atoms with Gasteiger partial charge in [-0.3, -0.25) is 0 Å². The minimum Gasteiger partial charge on any atom is -0.377 e. The molecule has 0 aliphatic rings. The van der Waals surface area contributed by atoms with Crippen molar-refractivity contribution < 1.29 is 4.74 Å². The second-order valence-corrected chi connectivity index (χ2v) is 4.96. The number of anilines is 2. The van der Waals surface area contributed by atoms with E-state index >= 15 is 0 Å². The third kappa shape index (κ3) is 5.02. The van der Waals surface area contributed by atoms with Gasteiger partial charge in [0.15, 0.2) is 5.82 Å². The molecule has 6 nitrogen and oxygen atoms in total. The zero-order valence-electron chi connectivity index (χ0n) is 12.7. The number of aromatic nitrogens is 2. The fourth-order valence-corrected chi connectivity index (χ4v) is 1.89. The third-order valence-electron chi connectivity index (χ3n) is 2.69. The van der Waals surface area contributed by atoms with Gasteiger partial charge in [-0.2, -0.15) is 5.26 Å². The Labute approximate surface area is 120 Å². The van der Waals surface area contributed by atoms with Gasteiger partial charge in [0.25, 0.3) is 0 Å². The molecule has 0 spiro atoms. The Morgan fingerprint density at radius 1 is 1.45 bits per heavy atom. The maximum Gasteiger partial charge on any atom is 0.158 e. The molecule has 0 fully saturated rings. The summed E-state index contributed by atoms with van der Waals surface area (Å²) in [5, 5.41) is 11.8. The molecule has 0 aliphatic heterocycles. The number of hydrogen-bond acceptors (Lipinski definition) is 6. The van der Waals surface area contributed by atoms with Gasteiger partial charge in [0.1, 0.15) is 18.2 Å². The second kappa shape index (κ2) is 8.33. The molecule has 0 atom stereocenters. The summed E-state index contributed by atoms with van der Waals surface area (Å²) >= 11 is 0. The second-order valence-electron chi connectivity index (χ2n) is 4.96. The quantitative estimate of drug-likeness (QED) is 0.784. The van der Waals surface area contributed by atoms with E-state index < -0.39 is 0 Å². The van der Waals surface area contributed by atoms with Crippen LogP contribution in [0.1, 0.15) is 26.1 Å². The number of rotatable bonds is 8. The van der Waals surface area contributed by atoms with E-state index in [9.17, 15) is 0 Å². The molecule has 1 aromatic heterocycles. The Kier molecular flexibility index (Phi) is 6.74. The number of ether oxygens (including phenoxy) is 1. The molecule has 0 saturated carbocycles. The van der Waals surface area contributed by atoms with Crippen LogP contribution < -0.4 is 10.2 Å². The first kappa shape index (κ1) is 16.2. The molecule has 0 radical (unpaired) electrons. The van der Waals surface area contributed by atoms with Crippen molar-refractivity contribution in [1.82, 2.24) is 9.97 Å². The van der Waals surface area contributed by atoms with Crippen LogP contribution in [0.2, 0.25) is 0 Å².